The molecule has 0 aliphatic carbocycles. The van der Waals surface area contributed by atoms with Crippen LogP contribution in [0.4, 0.5) is 0 Å². The number of rotatable bonds is 7. The van der Waals surface area contributed by atoms with E-state index in [1.807, 2.05) is 17.6 Å². The highest BCUT2D eigenvalue weighted by Crippen LogP contribution is 2.32. The first-order valence-corrected chi connectivity index (χ1v) is 13.6. The van der Waals surface area contributed by atoms with Crippen LogP contribution in [0.1, 0.15) is 30.1 Å². The fraction of sp³-hybridized carbons (Fsp3) is 0.364. The maximum absolute atomic E-state index is 12.9. The SMILES string of the molecule is CCOCCn1c(=NC(=O)c2ccc(S(=O)(=O)N3CCCC3)cc2)sc2ccc(Cl)c(Cl)c21. The minimum absolute atomic E-state index is 0.177. The van der Waals surface area contributed by atoms with E-state index in [0.29, 0.717) is 58.8 Å². The molecule has 0 N–H and O–H groups in total. The zero-order chi connectivity index (χ0) is 23.6. The maximum atomic E-state index is 12.9. The smallest absolute Gasteiger partial charge is 0.279 e. The Hall–Kier alpha value is -1.75. The number of aromatic nitrogens is 1. The van der Waals surface area contributed by atoms with Crippen molar-refractivity contribution in [3.05, 3.63) is 56.8 Å². The second-order valence-electron chi connectivity index (χ2n) is 7.49. The van der Waals surface area contributed by atoms with Crippen molar-refractivity contribution in [1.82, 2.24) is 8.87 Å². The molecule has 1 fully saturated rings. The predicted molar refractivity (Wildman–Crippen MR) is 131 cm³/mol. The number of amides is 1. The molecule has 176 valence electrons. The average molecular weight is 528 g/mol. The first-order valence-electron chi connectivity index (χ1n) is 10.6. The molecule has 0 unspecified atom stereocenters. The van der Waals surface area contributed by atoms with E-state index in [1.165, 1.54) is 39.9 Å². The fourth-order valence-corrected chi connectivity index (χ4v) is 6.75. The van der Waals surface area contributed by atoms with E-state index in [0.717, 1.165) is 17.5 Å². The van der Waals surface area contributed by atoms with Gasteiger partial charge < -0.3 is 9.30 Å². The number of fused-ring (bicyclic) bond motifs is 1. The summed E-state index contributed by atoms with van der Waals surface area (Å²) in [5.41, 5.74) is 1.00. The number of sulfonamides is 1. The highest BCUT2D eigenvalue weighted by Gasteiger charge is 2.27. The van der Waals surface area contributed by atoms with Gasteiger partial charge in [0.1, 0.15) is 0 Å². The van der Waals surface area contributed by atoms with Crippen LogP contribution in [0.3, 0.4) is 0 Å². The van der Waals surface area contributed by atoms with Gasteiger partial charge in [0, 0.05) is 31.8 Å². The Labute approximate surface area is 206 Å². The van der Waals surface area contributed by atoms with Crippen LogP contribution in [-0.4, -0.2) is 49.5 Å². The standard InChI is InChI=1S/C22H23Cl2N3O4S2/c1-2-31-14-13-27-20-18(10-9-17(23)19(20)24)32-22(27)25-21(28)15-5-7-16(8-6-15)33(29,30)26-11-3-4-12-26/h5-10H,2-4,11-14H2,1H3. The lowest BCUT2D eigenvalue weighted by Crippen LogP contribution is -2.27. The van der Waals surface area contributed by atoms with E-state index in [9.17, 15) is 13.2 Å². The van der Waals surface area contributed by atoms with Gasteiger partial charge in [-0.15, -0.1) is 0 Å². The number of ether oxygens (including phenoxy) is 1. The molecule has 1 aliphatic rings. The average Bonchev–Trinajstić information content (AvgIpc) is 3.46. The minimum Gasteiger partial charge on any atom is -0.380 e. The minimum atomic E-state index is -3.54. The number of hydrogen-bond acceptors (Lipinski definition) is 5. The Balaban J connectivity index is 1.68. The summed E-state index contributed by atoms with van der Waals surface area (Å²) >= 11 is 14.0. The third-order valence-electron chi connectivity index (χ3n) is 5.40. The van der Waals surface area contributed by atoms with Crippen LogP contribution in [0, 0.1) is 0 Å². The molecule has 3 aromatic rings. The zero-order valence-electron chi connectivity index (χ0n) is 18.0. The molecule has 11 heteroatoms. The normalized spacial score (nSPS) is 15.5. The van der Waals surface area contributed by atoms with Gasteiger partial charge in [-0.25, -0.2) is 8.42 Å². The third kappa shape index (κ3) is 5.03. The second-order valence-corrected chi connectivity index (χ2v) is 11.2. The molecular formula is C22H23Cl2N3O4S2. The number of thiazole rings is 1. The summed E-state index contributed by atoms with van der Waals surface area (Å²) in [6.07, 6.45) is 1.73. The van der Waals surface area contributed by atoms with E-state index in [4.69, 9.17) is 27.9 Å². The molecule has 1 amide bonds. The highest BCUT2D eigenvalue weighted by atomic mass is 35.5. The molecule has 2 aromatic carbocycles. The maximum Gasteiger partial charge on any atom is 0.279 e. The lowest BCUT2D eigenvalue weighted by atomic mass is 10.2. The van der Waals surface area contributed by atoms with Gasteiger partial charge >= 0.3 is 0 Å². The van der Waals surface area contributed by atoms with Gasteiger partial charge in [-0.3, -0.25) is 4.79 Å². The summed E-state index contributed by atoms with van der Waals surface area (Å²) in [6.45, 7) is 4.40. The van der Waals surface area contributed by atoms with Gasteiger partial charge in [0.2, 0.25) is 10.0 Å². The third-order valence-corrected chi connectivity index (χ3v) is 9.15. The first kappa shape index (κ1) is 24.4. The molecule has 7 nitrogen and oxygen atoms in total. The van der Waals surface area contributed by atoms with Gasteiger partial charge in [-0.2, -0.15) is 9.30 Å². The second kappa shape index (κ2) is 10.2. The van der Waals surface area contributed by atoms with Crippen LogP contribution in [0.5, 0.6) is 0 Å². The summed E-state index contributed by atoms with van der Waals surface area (Å²) in [5.74, 6) is -0.473. The quantitative estimate of drug-likeness (QED) is 0.421. The van der Waals surface area contributed by atoms with Crippen molar-refractivity contribution in [1.29, 1.82) is 0 Å². The molecule has 0 atom stereocenters. The Morgan fingerprint density at radius 3 is 2.48 bits per heavy atom. The number of carbonyl (C=O) groups excluding carboxylic acids is 1. The van der Waals surface area contributed by atoms with Gasteiger partial charge in [0.15, 0.2) is 4.80 Å². The van der Waals surface area contributed by atoms with Crippen LogP contribution in [0.15, 0.2) is 46.3 Å². The molecule has 0 saturated carbocycles. The summed E-state index contributed by atoms with van der Waals surface area (Å²) in [7, 11) is -3.54. The fourth-order valence-electron chi connectivity index (χ4n) is 3.69. The van der Waals surface area contributed by atoms with Gasteiger partial charge in [-0.05, 0) is 56.2 Å². The number of halogens is 2. The summed E-state index contributed by atoms with van der Waals surface area (Å²) < 4.78 is 35.1. The highest BCUT2D eigenvalue weighted by molar-refractivity contribution is 7.89. The molecule has 2 heterocycles. The summed E-state index contributed by atoms with van der Waals surface area (Å²) in [5, 5.41) is 0.812. The molecule has 0 radical (unpaired) electrons. The Kier molecular flexibility index (Phi) is 7.57. The molecule has 1 aliphatic heterocycles. The number of benzene rings is 2. The molecule has 1 saturated heterocycles. The molecule has 0 bridgehead atoms. The van der Waals surface area contributed by atoms with Gasteiger partial charge in [-0.1, -0.05) is 34.5 Å². The van der Waals surface area contributed by atoms with Gasteiger partial charge in [0.05, 0.1) is 31.8 Å². The van der Waals surface area contributed by atoms with E-state index < -0.39 is 15.9 Å². The Bertz CT molecular complexity index is 1340. The Morgan fingerprint density at radius 1 is 1.12 bits per heavy atom. The van der Waals surface area contributed by atoms with Crippen LogP contribution in [0.25, 0.3) is 10.2 Å². The topological polar surface area (TPSA) is 81.0 Å². The lowest BCUT2D eigenvalue weighted by molar-refractivity contribution is 0.0996. The number of hydrogen-bond donors (Lipinski definition) is 0. The van der Waals surface area contributed by atoms with E-state index >= 15 is 0 Å². The number of nitrogens with zero attached hydrogens (tertiary/aromatic N) is 3. The molecule has 1 aromatic heterocycles. The van der Waals surface area contributed by atoms with Crippen molar-refractivity contribution in [2.45, 2.75) is 31.2 Å². The Morgan fingerprint density at radius 2 is 1.82 bits per heavy atom. The van der Waals surface area contributed by atoms with Crippen LogP contribution >= 0.6 is 34.5 Å². The molecule has 0 spiro atoms. The van der Waals surface area contributed by atoms with E-state index in [2.05, 4.69) is 4.99 Å². The summed E-state index contributed by atoms with van der Waals surface area (Å²) in [6, 6.07) is 9.46. The zero-order valence-corrected chi connectivity index (χ0v) is 21.1. The number of carbonyl (C=O) groups is 1. The molecule has 33 heavy (non-hydrogen) atoms. The van der Waals surface area contributed by atoms with Crippen molar-refractivity contribution in [2.24, 2.45) is 4.99 Å². The van der Waals surface area contributed by atoms with Crippen LogP contribution in [-0.2, 0) is 21.3 Å². The van der Waals surface area contributed by atoms with Crippen molar-refractivity contribution in [3.8, 4) is 0 Å². The van der Waals surface area contributed by atoms with Crippen molar-refractivity contribution >= 4 is 60.7 Å². The van der Waals surface area contributed by atoms with Crippen molar-refractivity contribution in [2.75, 3.05) is 26.3 Å². The largest absolute Gasteiger partial charge is 0.380 e. The van der Waals surface area contributed by atoms with Crippen LogP contribution < -0.4 is 4.80 Å². The van der Waals surface area contributed by atoms with Crippen molar-refractivity contribution < 1.29 is 17.9 Å². The monoisotopic (exact) mass is 527 g/mol. The van der Waals surface area contributed by atoms with E-state index in [-0.39, 0.29) is 4.90 Å². The first-order chi connectivity index (χ1) is 15.8. The molecular weight excluding hydrogens is 505 g/mol. The van der Waals surface area contributed by atoms with Gasteiger partial charge in [0.25, 0.3) is 5.91 Å². The lowest BCUT2D eigenvalue weighted by Gasteiger charge is -2.15. The van der Waals surface area contributed by atoms with Crippen LogP contribution in [0.2, 0.25) is 10.0 Å². The summed E-state index contributed by atoms with van der Waals surface area (Å²) in [4.78, 5) is 17.9. The predicted octanol–water partition coefficient (Wildman–Crippen LogP) is 4.57. The molecule has 4 rings (SSSR count). The van der Waals surface area contributed by atoms with E-state index in [1.54, 1.807) is 6.07 Å². The van der Waals surface area contributed by atoms with Crippen molar-refractivity contribution in [3.63, 3.8) is 0 Å².